The van der Waals surface area contributed by atoms with Gasteiger partial charge >= 0.3 is 6.18 Å². The fraction of sp³-hybridized carbons (Fsp3) is 0.389. The molecule has 3 rings (SSSR count). The zero-order valence-electron chi connectivity index (χ0n) is 14.9. The summed E-state index contributed by atoms with van der Waals surface area (Å²) < 4.78 is 40.2. The zero-order valence-corrected chi connectivity index (χ0v) is 14.9. The Hall–Kier alpha value is -2.68. The highest BCUT2D eigenvalue weighted by Gasteiger charge is 2.31. The number of hydrogen-bond donors (Lipinski definition) is 1. The molecule has 1 aliphatic heterocycles. The maximum absolute atomic E-state index is 13.0. The Labute approximate surface area is 153 Å². The second-order valence-corrected chi connectivity index (χ2v) is 6.51. The fourth-order valence-corrected chi connectivity index (χ4v) is 3.05. The van der Waals surface area contributed by atoms with E-state index < -0.39 is 23.1 Å². The molecule has 1 aliphatic rings. The number of nitrogens with one attached hydrogen (secondary N) is 1. The number of nitrogens with zero attached hydrogens (tertiary/aromatic N) is 3. The number of amides is 1. The lowest BCUT2D eigenvalue weighted by atomic mass is 10.1. The van der Waals surface area contributed by atoms with E-state index in [1.807, 2.05) is 6.92 Å². The van der Waals surface area contributed by atoms with Crippen LogP contribution in [0.2, 0.25) is 0 Å². The molecule has 1 saturated heterocycles. The van der Waals surface area contributed by atoms with E-state index in [0.717, 1.165) is 12.1 Å². The molecule has 1 amide bonds. The van der Waals surface area contributed by atoms with E-state index >= 15 is 0 Å². The van der Waals surface area contributed by atoms with Gasteiger partial charge in [-0.2, -0.15) is 18.3 Å². The van der Waals surface area contributed by atoms with Crippen LogP contribution in [-0.4, -0.2) is 46.3 Å². The number of benzene rings is 1. The number of carbonyl (C=O) groups is 1. The van der Waals surface area contributed by atoms with Crippen molar-refractivity contribution in [1.29, 1.82) is 0 Å². The summed E-state index contributed by atoms with van der Waals surface area (Å²) in [4.78, 5) is 26.7. The molecule has 9 heteroatoms. The summed E-state index contributed by atoms with van der Waals surface area (Å²) in [6.07, 6.45) is -4.50. The van der Waals surface area contributed by atoms with E-state index in [9.17, 15) is 22.8 Å². The number of aromatic nitrogens is 2. The molecule has 1 atom stereocenters. The summed E-state index contributed by atoms with van der Waals surface area (Å²) in [5.41, 5.74) is -1.21. The van der Waals surface area contributed by atoms with Gasteiger partial charge in [-0.15, -0.1) is 0 Å². The number of halogens is 3. The lowest BCUT2D eigenvalue weighted by Crippen LogP contribution is -2.53. The molecule has 0 saturated carbocycles. The van der Waals surface area contributed by atoms with Gasteiger partial charge in [0.25, 0.3) is 5.91 Å². The van der Waals surface area contributed by atoms with Gasteiger partial charge in [0.05, 0.1) is 11.3 Å². The largest absolute Gasteiger partial charge is 0.416 e. The molecule has 1 fully saturated rings. The van der Waals surface area contributed by atoms with E-state index in [2.05, 4.69) is 10.4 Å². The molecule has 0 bridgehead atoms. The molecule has 0 unspecified atom stereocenters. The molecule has 2 aromatic rings. The van der Waals surface area contributed by atoms with Gasteiger partial charge in [-0.05, 0) is 32.0 Å². The number of piperazine rings is 1. The molecule has 144 valence electrons. The molecule has 0 radical (unpaired) electrons. The van der Waals surface area contributed by atoms with Crippen molar-refractivity contribution in [3.8, 4) is 5.69 Å². The van der Waals surface area contributed by atoms with Crippen LogP contribution >= 0.6 is 0 Å². The summed E-state index contributed by atoms with van der Waals surface area (Å²) in [7, 11) is 0. The third-order valence-electron chi connectivity index (χ3n) is 4.49. The van der Waals surface area contributed by atoms with Crippen molar-refractivity contribution in [2.45, 2.75) is 26.1 Å². The van der Waals surface area contributed by atoms with E-state index in [1.54, 1.807) is 11.8 Å². The summed E-state index contributed by atoms with van der Waals surface area (Å²) in [6, 6.07) is 5.70. The van der Waals surface area contributed by atoms with E-state index in [4.69, 9.17) is 0 Å². The summed E-state index contributed by atoms with van der Waals surface area (Å²) in [5.74, 6) is -0.519. The molecule has 2 heterocycles. The maximum Gasteiger partial charge on any atom is 0.416 e. The average Bonchev–Trinajstić information content (AvgIpc) is 2.61. The van der Waals surface area contributed by atoms with E-state index in [0.29, 0.717) is 25.3 Å². The van der Waals surface area contributed by atoms with Gasteiger partial charge in [0.15, 0.2) is 5.69 Å². The molecular weight excluding hydrogens is 361 g/mol. The first kappa shape index (κ1) is 19.1. The highest BCUT2D eigenvalue weighted by atomic mass is 19.4. The molecular formula is C18H19F3N4O2. The Morgan fingerprint density at radius 1 is 1.30 bits per heavy atom. The topological polar surface area (TPSA) is 67.2 Å². The fourth-order valence-electron chi connectivity index (χ4n) is 3.05. The lowest BCUT2D eigenvalue weighted by Gasteiger charge is -2.33. The molecule has 1 N–H and O–H groups in total. The van der Waals surface area contributed by atoms with Crippen molar-refractivity contribution in [2.75, 3.05) is 19.6 Å². The highest BCUT2D eigenvalue weighted by Crippen LogP contribution is 2.30. The number of carbonyl (C=O) groups excluding carboxylic acids is 1. The average molecular weight is 380 g/mol. The van der Waals surface area contributed by atoms with Crippen molar-refractivity contribution >= 4 is 5.91 Å². The predicted molar refractivity (Wildman–Crippen MR) is 92.9 cm³/mol. The van der Waals surface area contributed by atoms with Gasteiger partial charge < -0.3 is 10.2 Å². The lowest BCUT2D eigenvalue weighted by molar-refractivity contribution is -0.137. The summed E-state index contributed by atoms with van der Waals surface area (Å²) in [6.45, 7) is 5.03. The number of hydrogen-bond acceptors (Lipinski definition) is 4. The van der Waals surface area contributed by atoms with Gasteiger partial charge in [-0.25, -0.2) is 4.68 Å². The van der Waals surface area contributed by atoms with Crippen LogP contribution in [0.15, 0.2) is 35.1 Å². The normalized spacial score (nSPS) is 17.8. The van der Waals surface area contributed by atoms with Crippen LogP contribution in [-0.2, 0) is 6.18 Å². The Kier molecular flexibility index (Phi) is 5.05. The van der Waals surface area contributed by atoms with Crippen molar-refractivity contribution < 1.29 is 18.0 Å². The summed E-state index contributed by atoms with van der Waals surface area (Å²) in [5, 5.41) is 7.25. The molecule has 1 aromatic heterocycles. The molecule has 6 nitrogen and oxygen atoms in total. The van der Waals surface area contributed by atoms with Crippen molar-refractivity contribution in [3.63, 3.8) is 0 Å². The minimum atomic E-state index is -4.50. The Balaban J connectivity index is 2.05. The Morgan fingerprint density at radius 2 is 2.04 bits per heavy atom. The first-order chi connectivity index (χ1) is 12.7. The van der Waals surface area contributed by atoms with Gasteiger partial charge in [-0.3, -0.25) is 9.59 Å². The maximum atomic E-state index is 13.0. The number of alkyl halides is 3. The van der Waals surface area contributed by atoms with Crippen molar-refractivity contribution in [1.82, 2.24) is 20.0 Å². The van der Waals surface area contributed by atoms with Gasteiger partial charge in [-0.1, -0.05) is 6.07 Å². The van der Waals surface area contributed by atoms with Crippen molar-refractivity contribution in [2.24, 2.45) is 0 Å². The van der Waals surface area contributed by atoms with Crippen molar-refractivity contribution in [3.05, 3.63) is 57.5 Å². The second kappa shape index (κ2) is 7.15. The van der Waals surface area contributed by atoms with Crippen LogP contribution in [0, 0.1) is 6.92 Å². The third kappa shape index (κ3) is 3.87. The third-order valence-corrected chi connectivity index (χ3v) is 4.49. The van der Waals surface area contributed by atoms with E-state index in [-0.39, 0.29) is 17.4 Å². The van der Waals surface area contributed by atoms with Gasteiger partial charge in [0.1, 0.15) is 0 Å². The van der Waals surface area contributed by atoms with Crippen LogP contribution in [0.5, 0.6) is 0 Å². The second-order valence-electron chi connectivity index (χ2n) is 6.51. The van der Waals surface area contributed by atoms with Crippen LogP contribution < -0.4 is 10.7 Å². The van der Waals surface area contributed by atoms with Crippen LogP contribution in [0.1, 0.15) is 28.7 Å². The van der Waals surface area contributed by atoms with Gasteiger partial charge in [0, 0.05) is 37.4 Å². The van der Waals surface area contributed by atoms with Crippen LogP contribution in [0.25, 0.3) is 5.69 Å². The molecule has 1 aromatic carbocycles. The molecule has 0 aliphatic carbocycles. The Morgan fingerprint density at radius 3 is 2.70 bits per heavy atom. The first-order valence-electron chi connectivity index (χ1n) is 8.49. The quantitative estimate of drug-likeness (QED) is 0.865. The predicted octanol–water partition coefficient (Wildman–Crippen LogP) is 1.99. The number of aryl methyl sites for hydroxylation is 1. The molecule has 0 spiro atoms. The first-order valence-corrected chi connectivity index (χ1v) is 8.49. The minimum Gasteiger partial charge on any atom is -0.332 e. The smallest absolute Gasteiger partial charge is 0.332 e. The number of rotatable bonds is 2. The van der Waals surface area contributed by atoms with Crippen LogP contribution in [0.3, 0.4) is 0 Å². The monoisotopic (exact) mass is 380 g/mol. The van der Waals surface area contributed by atoms with E-state index in [1.165, 1.54) is 22.9 Å². The highest BCUT2D eigenvalue weighted by molar-refractivity contribution is 5.92. The standard InChI is InChI=1S/C18H19F3N4O2/c1-11-8-15(26)16(17(27)24-7-6-22-10-12(24)2)23-25(11)14-5-3-4-13(9-14)18(19,20)21/h3-5,8-9,12,22H,6-7,10H2,1-2H3/t12-/m0/s1. The van der Waals surface area contributed by atoms with Crippen LogP contribution in [0.4, 0.5) is 13.2 Å². The minimum absolute atomic E-state index is 0.115. The SMILES string of the molecule is Cc1cc(=O)c(C(=O)N2CCNC[C@@H]2C)nn1-c1cccc(C(F)(F)F)c1. The molecule has 27 heavy (non-hydrogen) atoms. The zero-order chi connectivity index (χ0) is 19.8. The van der Waals surface area contributed by atoms with Gasteiger partial charge in [0.2, 0.25) is 5.43 Å². The Bertz CT molecular complexity index is 924. The summed E-state index contributed by atoms with van der Waals surface area (Å²) >= 11 is 0.